The van der Waals surface area contributed by atoms with Crippen molar-refractivity contribution in [1.82, 2.24) is 9.88 Å². The number of nitrogens with zero attached hydrogens (tertiary/aromatic N) is 2. The molecule has 0 saturated carbocycles. The lowest BCUT2D eigenvalue weighted by molar-refractivity contribution is -0.140. The van der Waals surface area contributed by atoms with Crippen LogP contribution in [-0.2, 0) is 29.0 Å². The zero-order valence-electron chi connectivity index (χ0n) is 17.3. The Morgan fingerprint density at radius 1 is 1.23 bits per heavy atom. The summed E-state index contributed by atoms with van der Waals surface area (Å²) in [7, 11) is 1.30. The molecular formula is C24H24N2O5. The molecule has 0 radical (unpaired) electrons. The number of pyridine rings is 1. The normalized spacial score (nSPS) is 14.6. The van der Waals surface area contributed by atoms with Gasteiger partial charge in [-0.05, 0) is 35.2 Å². The minimum Gasteiger partial charge on any atom is -0.502 e. The monoisotopic (exact) mass is 420 g/mol. The molecule has 1 N–H and O–H groups in total. The third-order valence-corrected chi connectivity index (χ3v) is 5.61. The lowest BCUT2D eigenvalue weighted by atomic mass is 9.93. The van der Waals surface area contributed by atoms with Crippen LogP contribution in [0.5, 0.6) is 5.75 Å². The van der Waals surface area contributed by atoms with Crippen molar-refractivity contribution in [2.45, 2.75) is 31.8 Å². The van der Waals surface area contributed by atoms with Crippen LogP contribution >= 0.6 is 0 Å². The molecule has 1 aromatic carbocycles. The van der Waals surface area contributed by atoms with Crippen LogP contribution in [0, 0.1) is 0 Å². The minimum absolute atomic E-state index is 0.0662. The number of benzene rings is 1. The molecule has 2 aromatic heterocycles. The summed E-state index contributed by atoms with van der Waals surface area (Å²) in [5, 5.41) is 10.5. The predicted molar refractivity (Wildman–Crippen MR) is 114 cm³/mol. The van der Waals surface area contributed by atoms with Crippen LogP contribution in [-0.4, -0.2) is 34.6 Å². The molecule has 7 nitrogen and oxygen atoms in total. The number of methoxy groups -OCH3 is 1. The number of esters is 1. The van der Waals surface area contributed by atoms with Gasteiger partial charge in [-0.1, -0.05) is 24.3 Å². The highest BCUT2D eigenvalue weighted by molar-refractivity contribution is 5.71. The van der Waals surface area contributed by atoms with Crippen molar-refractivity contribution in [1.29, 1.82) is 0 Å². The van der Waals surface area contributed by atoms with Gasteiger partial charge in [0.2, 0.25) is 11.2 Å². The molecule has 7 heteroatoms. The Balaban J connectivity index is 1.65. The van der Waals surface area contributed by atoms with Crippen molar-refractivity contribution < 1.29 is 19.1 Å². The van der Waals surface area contributed by atoms with E-state index in [1.807, 2.05) is 12.1 Å². The zero-order valence-corrected chi connectivity index (χ0v) is 17.3. The number of rotatable bonds is 6. The third-order valence-electron chi connectivity index (χ3n) is 5.61. The number of ether oxygens (including phenoxy) is 1. The van der Waals surface area contributed by atoms with Crippen LogP contribution < -0.4 is 5.43 Å². The summed E-state index contributed by atoms with van der Waals surface area (Å²) in [6.07, 6.45) is 4.03. The van der Waals surface area contributed by atoms with Gasteiger partial charge in [-0.25, -0.2) is 0 Å². The first-order chi connectivity index (χ1) is 15.0. The van der Waals surface area contributed by atoms with Crippen molar-refractivity contribution in [3.63, 3.8) is 0 Å². The van der Waals surface area contributed by atoms with Crippen molar-refractivity contribution in [3.8, 4) is 5.75 Å². The molecular weight excluding hydrogens is 396 g/mol. The van der Waals surface area contributed by atoms with Crippen LogP contribution in [0.15, 0.2) is 64.1 Å². The SMILES string of the molecule is COC(=O)CC(c1ccncc1)c1oc(CN2CCc3ccccc3C2)cc(=O)c1O. The molecule has 0 bridgehead atoms. The fraction of sp³-hybridized carbons (Fsp3) is 0.292. The number of hydrogen-bond donors (Lipinski definition) is 1. The Morgan fingerprint density at radius 3 is 2.71 bits per heavy atom. The van der Waals surface area contributed by atoms with Gasteiger partial charge in [0, 0.05) is 31.5 Å². The van der Waals surface area contributed by atoms with E-state index < -0.39 is 23.1 Å². The van der Waals surface area contributed by atoms with Crippen LogP contribution in [0.25, 0.3) is 0 Å². The number of carbonyl (C=O) groups is 1. The Morgan fingerprint density at radius 2 is 1.97 bits per heavy atom. The van der Waals surface area contributed by atoms with E-state index in [0.29, 0.717) is 17.9 Å². The maximum absolute atomic E-state index is 12.5. The van der Waals surface area contributed by atoms with Gasteiger partial charge in [0.15, 0.2) is 5.76 Å². The molecule has 1 atom stereocenters. The maximum atomic E-state index is 12.5. The predicted octanol–water partition coefficient (Wildman–Crippen LogP) is 2.99. The molecule has 0 spiro atoms. The highest BCUT2D eigenvalue weighted by Crippen LogP contribution is 2.33. The number of hydrogen-bond acceptors (Lipinski definition) is 7. The van der Waals surface area contributed by atoms with E-state index >= 15 is 0 Å². The molecule has 1 aliphatic heterocycles. The molecule has 3 heterocycles. The lowest BCUT2D eigenvalue weighted by Gasteiger charge is -2.28. The highest BCUT2D eigenvalue weighted by atomic mass is 16.5. The van der Waals surface area contributed by atoms with Crippen LogP contribution in [0.4, 0.5) is 0 Å². The smallest absolute Gasteiger partial charge is 0.306 e. The fourth-order valence-electron chi connectivity index (χ4n) is 3.99. The molecule has 1 unspecified atom stereocenters. The van der Waals surface area contributed by atoms with Gasteiger partial charge in [-0.2, -0.15) is 0 Å². The maximum Gasteiger partial charge on any atom is 0.306 e. The molecule has 31 heavy (non-hydrogen) atoms. The number of fused-ring (bicyclic) bond motifs is 1. The van der Waals surface area contributed by atoms with Crippen molar-refractivity contribution in [2.24, 2.45) is 0 Å². The highest BCUT2D eigenvalue weighted by Gasteiger charge is 2.27. The van der Waals surface area contributed by atoms with Gasteiger partial charge >= 0.3 is 5.97 Å². The van der Waals surface area contributed by atoms with Gasteiger partial charge in [0.1, 0.15) is 5.76 Å². The second-order valence-electron chi connectivity index (χ2n) is 7.63. The molecule has 160 valence electrons. The third kappa shape index (κ3) is 4.67. The standard InChI is InChI=1S/C24H24N2O5/c1-30-22(28)13-20(17-6-9-25-10-7-17)24-23(29)21(27)12-19(31-24)15-26-11-8-16-4-2-3-5-18(16)14-26/h2-7,9-10,12,20,29H,8,11,13-15H2,1H3. The van der Waals surface area contributed by atoms with E-state index in [2.05, 4.69) is 22.0 Å². The molecule has 1 aliphatic rings. The minimum atomic E-state index is -0.662. The molecule has 4 rings (SSSR count). The summed E-state index contributed by atoms with van der Waals surface area (Å²) in [5.74, 6) is -1.11. The topological polar surface area (TPSA) is 92.9 Å². The Kier molecular flexibility index (Phi) is 6.13. The summed E-state index contributed by atoms with van der Waals surface area (Å²) < 4.78 is 10.8. The Hall–Kier alpha value is -3.45. The van der Waals surface area contributed by atoms with Crippen molar-refractivity contribution in [3.05, 3.63) is 93.3 Å². The first-order valence-electron chi connectivity index (χ1n) is 10.2. The number of aromatic hydroxyl groups is 1. The largest absolute Gasteiger partial charge is 0.502 e. The van der Waals surface area contributed by atoms with E-state index in [1.54, 1.807) is 24.5 Å². The van der Waals surface area contributed by atoms with E-state index in [0.717, 1.165) is 19.5 Å². The number of aromatic nitrogens is 1. The van der Waals surface area contributed by atoms with Crippen LogP contribution in [0.3, 0.4) is 0 Å². The van der Waals surface area contributed by atoms with Gasteiger partial charge in [-0.3, -0.25) is 19.5 Å². The first kappa shape index (κ1) is 20.8. The second kappa shape index (κ2) is 9.14. The fourth-order valence-corrected chi connectivity index (χ4v) is 3.99. The van der Waals surface area contributed by atoms with Gasteiger partial charge in [0.05, 0.1) is 26.0 Å². The zero-order chi connectivity index (χ0) is 21.8. The van der Waals surface area contributed by atoms with Gasteiger partial charge in [-0.15, -0.1) is 0 Å². The quantitative estimate of drug-likeness (QED) is 0.613. The molecule has 3 aromatic rings. The van der Waals surface area contributed by atoms with Gasteiger partial charge in [0.25, 0.3) is 0 Å². The van der Waals surface area contributed by atoms with Crippen LogP contribution in [0.2, 0.25) is 0 Å². The average Bonchev–Trinajstić information content (AvgIpc) is 2.80. The Bertz CT molecular complexity index is 1130. The molecule has 0 saturated heterocycles. The Labute approximate surface area is 179 Å². The molecule has 0 amide bonds. The molecule has 0 aliphatic carbocycles. The van der Waals surface area contributed by atoms with Crippen molar-refractivity contribution in [2.75, 3.05) is 13.7 Å². The summed E-state index contributed by atoms with van der Waals surface area (Å²) in [6, 6.07) is 13.1. The molecule has 0 fully saturated rings. The van der Waals surface area contributed by atoms with Gasteiger partial charge < -0.3 is 14.3 Å². The van der Waals surface area contributed by atoms with E-state index in [1.165, 1.54) is 24.3 Å². The van der Waals surface area contributed by atoms with Crippen molar-refractivity contribution >= 4 is 5.97 Å². The number of carbonyl (C=O) groups excluding carboxylic acids is 1. The average molecular weight is 420 g/mol. The van der Waals surface area contributed by atoms with E-state index in [-0.39, 0.29) is 12.2 Å². The summed E-state index contributed by atoms with van der Waals surface area (Å²) in [5.41, 5.74) is 2.76. The summed E-state index contributed by atoms with van der Waals surface area (Å²) >= 11 is 0. The second-order valence-corrected chi connectivity index (χ2v) is 7.63. The lowest BCUT2D eigenvalue weighted by Crippen LogP contribution is -2.30. The summed E-state index contributed by atoms with van der Waals surface area (Å²) in [6.45, 7) is 2.02. The van der Waals surface area contributed by atoms with E-state index in [4.69, 9.17) is 9.15 Å². The summed E-state index contributed by atoms with van der Waals surface area (Å²) in [4.78, 5) is 30.8. The van der Waals surface area contributed by atoms with Crippen LogP contribution in [0.1, 0.15) is 40.5 Å². The first-order valence-corrected chi connectivity index (χ1v) is 10.2. The van der Waals surface area contributed by atoms with E-state index in [9.17, 15) is 14.7 Å².